The molecule has 0 saturated heterocycles. The number of sulfonamides is 1. The lowest BCUT2D eigenvalue weighted by Crippen LogP contribution is -2.29. The standard InChI is InChI=1S/C18H21BrN2O3S/c1-12-9-13(2)18(14(3)10-12)25(23,24)20-8-7-17(22)21-16-6-4-5-15(19)11-16/h4-6,9-11,20H,7-8H2,1-3H3,(H,21,22). The fraction of sp³-hybridized carbons (Fsp3) is 0.278. The molecule has 2 rings (SSSR count). The number of halogens is 1. The van der Waals surface area contributed by atoms with E-state index >= 15 is 0 Å². The monoisotopic (exact) mass is 424 g/mol. The molecule has 5 nitrogen and oxygen atoms in total. The SMILES string of the molecule is Cc1cc(C)c(S(=O)(=O)NCCC(=O)Nc2cccc(Br)c2)c(C)c1. The molecule has 1 amide bonds. The van der Waals surface area contributed by atoms with E-state index in [2.05, 4.69) is 26.0 Å². The third-order valence-electron chi connectivity index (χ3n) is 3.63. The minimum Gasteiger partial charge on any atom is -0.326 e. The van der Waals surface area contributed by atoms with Gasteiger partial charge in [-0.25, -0.2) is 13.1 Å². The summed E-state index contributed by atoms with van der Waals surface area (Å²) in [5, 5.41) is 2.74. The van der Waals surface area contributed by atoms with E-state index in [1.54, 1.807) is 26.0 Å². The quantitative estimate of drug-likeness (QED) is 0.742. The number of nitrogens with one attached hydrogen (secondary N) is 2. The molecule has 25 heavy (non-hydrogen) atoms. The van der Waals surface area contributed by atoms with Crippen LogP contribution >= 0.6 is 15.9 Å². The summed E-state index contributed by atoms with van der Waals surface area (Å²) in [7, 11) is -3.65. The van der Waals surface area contributed by atoms with Crippen LogP contribution in [0, 0.1) is 20.8 Å². The van der Waals surface area contributed by atoms with E-state index in [9.17, 15) is 13.2 Å². The molecule has 0 aliphatic rings. The van der Waals surface area contributed by atoms with Gasteiger partial charge in [-0.1, -0.05) is 39.7 Å². The number of hydrogen-bond donors (Lipinski definition) is 2. The smallest absolute Gasteiger partial charge is 0.241 e. The average Bonchev–Trinajstić information content (AvgIpc) is 2.45. The summed E-state index contributed by atoms with van der Waals surface area (Å²) in [4.78, 5) is 12.2. The molecular weight excluding hydrogens is 404 g/mol. The highest BCUT2D eigenvalue weighted by atomic mass is 79.9. The first-order valence-corrected chi connectivity index (χ1v) is 10.1. The van der Waals surface area contributed by atoms with Crippen LogP contribution in [0.15, 0.2) is 45.8 Å². The Balaban J connectivity index is 1.98. The molecule has 2 aromatic rings. The van der Waals surface area contributed by atoms with E-state index in [0.29, 0.717) is 16.8 Å². The van der Waals surface area contributed by atoms with Gasteiger partial charge in [0.2, 0.25) is 15.9 Å². The molecule has 134 valence electrons. The Morgan fingerprint density at radius 3 is 2.32 bits per heavy atom. The summed E-state index contributed by atoms with van der Waals surface area (Å²) in [6.07, 6.45) is 0.0513. The van der Waals surface area contributed by atoms with E-state index in [4.69, 9.17) is 0 Å². The lowest BCUT2D eigenvalue weighted by molar-refractivity contribution is -0.116. The first kappa shape index (κ1) is 19.6. The predicted molar refractivity (Wildman–Crippen MR) is 103 cm³/mol. The zero-order valence-electron chi connectivity index (χ0n) is 14.4. The van der Waals surface area contributed by atoms with Crippen LogP contribution < -0.4 is 10.0 Å². The van der Waals surface area contributed by atoms with Crippen LogP contribution in [0.25, 0.3) is 0 Å². The Morgan fingerprint density at radius 1 is 1.08 bits per heavy atom. The largest absolute Gasteiger partial charge is 0.326 e. The fourth-order valence-corrected chi connectivity index (χ4v) is 4.63. The van der Waals surface area contributed by atoms with Gasteiger partial charge in [0.05, 0.1) is 4.90 Å². The van der Waals surface area contributed by atoms with Gasteiger partial charge in [-0.2, -0.15) is 0 Å². The zero-order valence-corrected chi connectivity index (χ0v) is 16.8. The molecule has 0 aliphatic heterocycles. The lowest BCUT2D eigenvalue weighted by Gasteiger charge is -2.13. The first-order chi connectivity index (χ1) is 11.7. The lowest BCUT2D eigenvalue weighted by atomic mass is 10.1. The zero-order chi connectivity index (χ0) is 18.6. The summed E-state index contributed by atoms with van der Waals surface area (Å²) in [6, 6.07) is 10.9. The van der Waals surface area contributed by atoms with Crippen molar-refractivity contribution in [3.05, 3.63) is 57.6 Å². The number of aryl methyl sites for hydroxylation is 3. The van der Waals surface area contributed by atoms with Gasteiger partial charge in [0.25, 0.3) is 0 Å². The van der Waals surface area contributed by atoms with Crippen molar-refractivity contribution in [3.8, 4) is 0 Å². The summed E-state index contributed by atoms with van der Waals surface area (Å²) in [5.41, 5.74) is 3.07. The highest BCUT2D eigenvalue weighted by Gasteiger charge is 2.19. The van der Waals surface area contributed by atoms with Crippen molar-refractivity contribution < 1.29 is 13.2 Å². The van der Waals surface area contributed by atoms with E-state index in [-0.39, 0.29) is 23.8 Å². The fourth-order valence-electron chi connectivity index (χ4n) is 2.75. The number of amides is 1. The molecule has 0 unspecified atom stereocenters. The number of hydrogen-bond acceptors (Lipinski definition) is 3. The molecule has 0 bridgehead atoms. The Hall–Kier alpha value is -1.70. The minimum atomic E-state index is -3.65. The highest BCUT2D eigenvalue weighted by molar-refractivity contribution is 9.10. The van der Waals surface area contributed by atoms with Gasteiger partial charge in [-0.05, 0) is 50.1 Å². The van der Waals surface area contributed by atoms with Gasteiger partial charge in [-0.3, -0.25) is 4.79 Å². The molecule has 0 aromatic heterocycles. The van der Waals surface area contributed by atoms with E-state index in [1.165, 1.54) is 0 Å². The van der Waals surface area contributed by atoms with E-state index < -0.39 is 10.0 Å². The molecule has 0 heterocycles. The summed E-state index contributed by atoms with van der Waals surface area (Å²) in [5.74, 6) is -0.252. The Morgan fingerprint density at radius 2 is 1.72 bits per heavy atom. The molecule has 0 saturated carbocycles. The number of carbonyl (C=O) groups excluding carboxylic acids is 1. The topological polar surface area (TPSA) is 75.3 Å². The summed E-state index contributed by atoms with van der Waals surface area (Å²) < 4.78 is 28.4. The Kier molecular flexibility index (Phi) is 6.37. The van der Waals surface area contributed by atoms with Crippen molar-refractivity contribution in [2.75, 3.05) is 11.9 Å². The average molecular weight is 425 g/mol. The van der Waals surface area contributed by atoms with Crippen molar-refractivity contribution in [2.24, 2.45) is 0 Å². The predicted octanol–water partition coefficient (Wildman–Crippen LogP) is 3.68. The minimum absolute atomic E-state index is 0.0366. The van der Waals surface area contributed by atoms with Gasteiger partial charge >= 0.3 is 0 Å². The second-order valence-corrected chi connectivity index (χ2v) is 8.55. The number of benzene rings is 2. The Labute approximate surface area is 157 Å². The van der Waals surface area contributed by atoms with Crippen LogP contribution in [0.4, 0.5) is 5.69 Å². The van der Waals surface area contributed by atoms with Crippen molar-refractivity contribution in [2.45, 2.75) is 32.1 Å². The normalized spacial score (nSPS) is 11.4. The molecule has 0 spiro atoms. The number of carbonyl (C=O) groups is 1. The molecule has 2 aromatic carbocycles. The van der Waals surface area contributed by atoms with E-state index in [1.807, 2.05) is 31.2 Å². The summed E-state index contributed by atoms with van der Waals surface area (Å²) >= 11 is 3.33. The maximum Gasteiger partial charge on any atom is 0.241 e. The van der Waals surface area contributed by atoms with Gasteiger partial charge in [-0.15, -0.1) is 0 Å². The second kappa shape index (κ2) is 8.12. The molecule has 0 radical (unpaired) electrons. The summed E-state index contributed by atoms with van der Waals surface area (Å²) in [6.45, 7) is 5.51. The molecular formula is C18H21BrN2O3S. The van der Waals surface area contributed by atoms with Gasteiger partial charge in [0, 0.05) is 23.1 Å². The molecule has 2 N–H and O–H groups in total. The molecule has 0 aliphatic carbocycles. The number of rotatable bonds is 6. The van der Waals surface area contributed by atoms with Crippen molar-refractivity contribution in [1.82, 2.24) is 4.72 Å². The van der Waals surface area contributed by atoms with Crippen LogP contribution in [0.2, 0.25) is 0 Å². The maximum atomic E-state index is 12.5. The third-order valence-corrected chi connectivity index (χ3v) is 5.88. The molecule has 0 fully saturated rings. The van der Waals surface area contributed by atoms with E-state index in [0.717, 1.165) is 10.0 Å². The van der Waals surface area contributed by atoms with Gasteiger partial charge < -0.3 is 5.32 Å². The highest BCUT2D eigenvalue weighted by Crippen LogP contribution is 2.21. The van der Waals surface area contributed by atoms with Gasteiger partial charge in [0.1, 0.15) is 0 Å². The first-order valence-electron chi connectivity index (χ1n) is 7.82. The number of anilines is 1. The van der Waals surface area contributed by atoms with Crippen LogP contribution in [0.3, 0.4) is 0 Å². The molecule has 0 atom stereocenters. The maximum absolute atomic E-state index is 12.5. The van der Waals surface area contributed by atoms with Crippen LogP contribution in [-0.4, -0.2) is 20.9 Å². The van der Waals surface area contributed by atoms with Crippen molar-refractivity contribution >= 4 is 37.5 Å². The van der Waals surface area contributed by atoms with Gasteiger partial charge in [0.15, 0.2) is 0 Å². The van der Waals surface area contributed by atoms with Crippen LogP contribution in [0.5, 0.6) is 0 Å². The van der Waals surface area contributed by atoms with Crippen molar-refractivity contribution in [1.29, 1.82) is 0 Å². The second-order valence-electron chi connectivity index (χ2n) is 5.93. The van der Waals surface area contributed by atoms with Crippen LogP contribution in [0.1, 0.15) is 23.1 Å². The Bertz CT molecular complexity index is 872. The van der Waals surface area contributed by atoms with Crippen molar-refractivity contribution in [3.63, 3.8) is 0 Å². The molecule has 7 heteroatoms. The third kappa shape index (κ3) is 5.39. The van der Waals surface area contributed by atoms with Crippen LogP contribution in [-0.2, 0) is 14.8 Å².